The molecule has 0 aliphatic heterocycles. The molecule has 0 aliphatic carbocycles. The number of nitrogens with zero attached hydrogens (tertiary/aromatic N) is 3. The van der Waals surface area contributed by atoms with Gasteiger partial charge in [0.05, 0.1) is 24.7 Å². The third-order valence-corrected chi connectivity index (χ3v) is 3.32. The van der Waals surface area contributed by atoms with Crippen molar-refractivity contribution >= 4 is 22.7 Å². The molecule has 0 aliphatic rings. The van der Waals surface area contributed by atoms with Gasteiger partial charge in [-0.15, -0.1) is 0 Å². The van der Waals surface area contributed by atoms with Crippen LogP contribution in [0.1, 0.15) is 24.1 Å². The highest BCUT2D eigenvalue weighted by molar-refractivity contribution is 5.83. The SMILES string of the molecule is O=C(O)CCC(=O)O.c1ccc2c(Cc3ccncc3)nncc2c1. The highest BCUT2D eigenvalue weighted by atomic mass is 16.4. The molecule has 0 fully saturated rings. The van der Waals surface area contributed by atoms with E-state index < -0.39 is 11.9 Å². The smallest absolute Gasteiger partial charge is 0.303 e. The molecule has 0 atom stereocenters. The molecule has 128 valence electrons. The first-order valence-electron chi connectivity index (χ1n) is 7.58. The normalized spacial score (nSPS) is 9.92. The van der Waals surface area contributed by atoms with Crippen LogP contribution in [0.4, 0.5) is 0 Å². The first kappa shape index (κ1) is 18.0. The molecule has 7 nitrogen and oxygen atoms in total. The summed E-state index contributed by atoms with van der Waals surface area (Å²) in [5.41, 5.74) is 2.21. The lowest BCUT2D eigenvalue weighted by Crippen LogP contribution is -2.00. The Labute approximate surface area is 144 Å². The number of fused-ring (bicyclic) bond motifs is 1. The van der Waals surface area contributed by atoms with Crippen LogP contribution in [0.3, 0.4) is 0 Å². The number of aliphatic carboxylic acids is 2. The summed E-state index contributed by atoms with van der Waals surface area (Å²) in [7, 11) is 0. The van der Waals surface area contributed by atoms with E-state index in [2.05, 4.69) is 27.3 Å². The van der Waals surface area contributed by atoms with Crippen molar-refractivity contribution in [1.82, 2.24) is 15.2 Å². The predicted octanol–water partition coefficient (Wildman–Crippen LogP) is 2.55. The van der Waals surface area contributed by atoms with Crippen molar-refractivity contribution in [2.45, 2.75) is 19.3 Å². The summed E-state index contributed by atoms with van der Waals surface area (Å²) >= 11 is 0. The van der Waals surface area contributed by atoms with E-state index in [1.165, 1.54) is 10.9 Å². The summed E-state index contributed by atoms with van der Waals surface area (Å²) in [5.74, 6) is -2.15. The van der Waals surface area contributed by atoms with Crippen molar-refractivity contribution in [3.8, 4) is 0 Å². The lowest BCUT2D eigenvalue weighted by atomic mass is 10.1. The molecule has 0 saturated heterocycles. The zero-order valence-electron chi connectivity index (χ0n) is 13.4. The summed E-state index contributed by atoms with van der Waals surface area (Å²) in [6.45, 7) is 0. The Balaban J connectivity index is 0.000000242. The Morgan fingerprint density at radius 1 is 0.920 bits per heavy atom. The summed E-state index contributed by atoms with van der Waals surface area (Å²) in [6.07, 6.45) is 5.59. The van der Waals surface area contributed by atoms with Crippen molar-refractivity contribution in [1.29, 1.82) is 0 Å². The van der Waals surface area contributed by atoms with Gasteiger partial charge in [-0.05, 0) is 17.7 Å². The van der Waals surface area contributed by atoms with E-state index in [9.17, 15) is 9.59 Å². The summed E-state index contributed by atoms with van der Waals surface area (Å²) < 4.78 is 0. The molecule has 0 saturated carbocycles. The fourth-order valence-electron chi connectivity index (χ4n) is 2.13. The molecule has 3 aromatic rings. The monoisotopic (exact) mass is 339 g/mol. The van der Waals surface area contributed by atoms with Crippen LogP contribution in [-0.4, -0.2) is 37.3 Å². The summed E-state index contributed by atoms with van der Waals surface area (Å²) in [6, 6.07) is 12.2. The highest BCUT2D eigenvalue weighted by Gasteiger charge is 2.03. The molecule has 0 radical (unpaired) electrons. The first-order chi connectivity index (χ1) is 12.1. The molecule has 3 rings (SSSR count). The maximum atomic E-state index is 9.64. The average molecular weight is 339 g/mol. The van der Waals surface area contributed by atoms with Gasteiger partial charge < -0.3 is 10.2 Å². The van der Waals surface area contributed by atoms with Crippen LogP contribution in [0.15, 0.2) is 55.0 Å². The number of hydrogen-bond donors (Lipinski definition) is 2. The van der Waals surface area contributed by atoms with Crippen LogP contribution in [0.25, 0.3) is 10.8 Å². The Kier molecular flexibility index (Phi) is 6.53. The van der Waals surface area contributed by atoms with Gasteiger partial charge in [0.25, 0.3) is 0 Å². The molecule has 7 heteroatoms. The van der Waals surface area contributed by atoms with Crippen molar-refractivity contribution in [3.05, 3.63) is 66.2 Å². The van der Waals surface area contributed by atoms with Crippen molar-refractivity contribution in [2.24, 2.45) is 0 Å². The maximum Gasteiger partial charge on any atom is 0.303 e. The Hall–Kier alpha value is -3.35. The number of carboxylic acids is 2. The minimum Gasteiger partial charge on any atom is -0.481 e. The second-order valence-corrected chi connectivity index (χ2v) is 5.20. The Morgan fingerprint density at radius 3 is 2.20 bits per heavy atom. The van der Waals surface area contributed by atoms with E-state index in [-0.39, 0.29) is 12.8 Å². The second kappa shape index (κ2) is 9.07. The van der Waals surface area contributed by atoms with Crippen LogP contribution in [0.5, 0.6) is 0 Å². The molecule has 2 heterocycles. The molecule has 0 unspecified atom stereocenters. The van der Waals surface area contributed by atoms with Gasteiger partial charge in [-0.25, -0.2) is 0 Å². The zero-order valence-corrected chi connectivity index (χ0v) is 13.4. The standard InChI is InChI=1S/C14H11N3.C4H6O4/c1-2-4-13-12(3-1)10-16-17-14(13)9-11-5-7-15-8-6-11;5-3(6)1-2-4(7)8/h1-8,10H,9H2;1-2H2,(H,5,6)(H,7,8). The van der Waals surface area contributed by atoms with Gasteiger partial charge in [-0.3, -0.25) is 14.6 Å². The lowest BCUT2D eigenvalue weighted by molar-refractivity contribution is -0.143. The molecule has 0 amide bonds. The van der Waals surface area contributed by atoms with Crippen LogP contribution < -0.4 is 0 Å². The number of pyridine rings is 1. The third-order valence-electron chi connectivity index (χ3n) is 3.32. The quantitative estimate of drug-likeness (QED) is 0.734. The highest BCUT2D eigenvalue weighted by Crippen LogP contribution is 2.17. The number of carbonyl (C=O) groups is 2. The van der Waals surface area contributed by atoms with Crippen LogP contribution in [-0.2, 0) is 16.0 Å². The third kappa shape index (κ3) is 5.98. The number of benzene rings is 1. The van der Waals surface area contributed by atoms with Crippen molar-refractivity contribution in [2.75, 3.05) is 0 Å². The maximum absolute atomic E-state index is 9.64. The summed E-state index contributed by atoms with van der Waals surface area (Å²) in [4.78, 5) is 23.3. The minimum atomic E-state index is -1.08. The number of rotatable bonds is 5. The molecular weight excluding hydrogens is 322 g/mol. The Morgan fingerprint density at radius 2 is 1.56 bits per heavy atom. The fourth-order valence-corrected chi connectivity index (χ4v) is 2.13. The minimum absolute atomic E-state index is 0.296. The molecular formula is C18H17N3O4. The molecule has 2 aromatic heterocycles. The van der Waals surface area contributed by atoms with Crippen molar-refractivity contribution in [3.63, 3.8) is 0 Å². The van der Waals surface area contributed by atoms with E-state index in [1.54, 1.807) is 18.6 Å². The van der Waals surface area contributed by atoms with Gasteiger partial charge in [0.1, 0.15) is 0 Å². The second-order valence-electron chi connectivity index (χ2n) is 5.20. The molecule has 1 aromatic carbocycles. The van der Waals surface area contributed by atoms with Gasteiger partial charge in [0, 0.05) is 29.6 Å². The number of hydrogen-bond acceptors (Lipinski definition) is 5. The molecule has 0 spiro atoms. The van der Waals surface area contributed by atoms with Gasteiger partial charge >= 0.3 is 11.9 Å². The number of aromatic nitrogens is 3. The number of carboxylic acid groups (broad SMARTS) is 2. The molecule has 25 heavy (non-hydrogen) atoms. The summed E-state index contributed by atoms with van der Waals surface area (Å²) in [5, 5.41) is 26.4. The van der Waals surface area contributed by atoms with Crippen LogP contribution in [0, 0.1) is 0 Å². The van der Waals surface area contributed by atoms with Crippen molar-refractivity contribution < 1.29 is 19.8 Å². The van der Waals surface area contributed by atoms with E-state index in [0.29, 0.717) is 0 Å². The van der Waals surface area contributed by atoms with Gasteiger partial charge in [-0.2, -0.15) is 10.2 Å². The van der Waals surface area contributed by atoms with E-state index >= 15 is 0 Å². The van der Waals surface area contributed by atoms with Crippen LogP contribution in [0.2, 0.25) is 0 Å². The van der Waals surface area contributed by atoms with Crippen LogP contribution >= 0.6 is 0 Å². The van der Waals surface area contributed by atoms with E-state index in [4.69, 9.17) is 10.2 Å². The fraction of sp³-hybridized carbons (Fsp3) is 0.167. The van der Waals surface area contributed by atoms with Gasteiger partial charge in [0.2, 0.25) is 0 Å². The molecule has 0 bridgehead atoms. The average Bonchev–Trinajstić information content (AvgIpc) is 2.62. The lowest BCUT2D eigenvalue weighted by Gasteiger charge is -2.04. The van der Waals surface area contributed by atoms with Gasteiger partial charge in [0.15, 0.2) is 0 Å². The predicted molar refractivity (Wildman–Crippen MR) is 91.1 cm³/mol. The van der Waals surface area contributed by atoms with E-state index in [1.807, 2.05) is 24.3 Å². The zero-order chi connectivity index (χ0) is 18.1. The first-order valence-corrected chi connectivity index (χ1v) is 7.58. The topological polar surface area (TPSA) is 113 Å². The van der Waals surface area contributed by atoms with E-state index in [0.717, 1.165) is 17.5 Å². The molecule has 2 N–H and O–H groups in total. The van der Waals surface area contributed by atoms with Gasteiger partial charge in [-0.1, -0.05) is 24.3 Å². The Bertz CT molecular complexity index is 834. The largest absolute Gasteiger partial charge is 0.481 e.